The van der Waals surface area contributed by atoms with Crippen LogP contribution in [-0.4, -0.2) is 30.5 Å². The first-order valence-electron chi connectivity index (χ1n) is 11.9. The molecule has 40 heavy (non-hydrogen) atoms. The highest BCUT2D eigenvalue weighted by atomic mass is 32.2. The van der Waals surface area contributed by atoms with Gasteiger partial charge in [-0.1, -0.05) is 36.4 Å². The van der Waals surface area contributed by atoms with Gasteiger partial charge < -0.3 is 9.84 Å². The monoisotopic (exact) mass is 571 g/mol. The molecule has 0 unspecified atom stereocenters. The third-order valence-electron chi connectivity index (χ3n) is 5.81. The van der Waals surface area contributed by atoms with E-state index in [1.807, 2.05) is 30.3 Å². The van der Waals surface area contributed by atoms with E-state index in [9.17, 15) is 23.1 Å². The second kappa shape index (κ2) is 11.0. The number of aromatic hydroxyl groups is 1. The predicted octanol–water partition coefficient (Wildman–Crippen LogP) is 4.82. The van der Waals surface area contributed by atoms with Crippen LogP contribution in [0, 0.1) is 0 Å². The van der Waals surface area contributed by atoms with Gasteiger partial charge in [0.1, 0.15) is 22.8 Å². The Bertz CT molecular complexity index is 1740. The van der Waals surface area contributed by atoms with Crippen molar-refractivity contribution in [3.8, 4) is 17.2 Å². The van der Waals surface area contributed by atoms with Crippen molar-refractivity contribution in [1.82, 2.24) is 5.32 Å². The summed E-state index contributed by atoms with van der Waals surface area (Å²) in [6.07, 6.45) is 1.21. The number of para-hydroxylation sites is 1. The minimum atomic E-state index is -3.88. The molecule has 1 aliphatic rings. The Morgan fingerprint density at radius 3 is 2.12 bits per heavy atom. The number of benzene rings is 4. The molecule has 200 valence electrons. The van der Waals surface area contributed by atoms with E-state index < -0.39 is 21.8 Å². The molecule has 0 radical (unpaired) electrons. The van der Waals surface area contributed by atoms with E-state index in [0.717, 1.165) is 4.90 Å². The second-order valence-electron chi connectivity index (χ2n) is 8.56. The van der Waals surface area contributed by atoms with Crippen LogP contribution in [-0.2, 0) is 19.6 Å². The number of phenolic OH excluding ortho intramolecular Hbond substituents is 1. The number of thiocarbonyl (C=S) groups is 1. The number of sulfonamides is 1. The number of hydrogen-bond donors (Lipinski definition) is 3. The van der Waals surface area contributed by atoms with Crippen LogP contribution in [0.4, 0.5) is 11.4 Å². The molecule has 11 heteroatoms. The maximum Gasteiger partial charge on any atom is 0.270 e. The van der Waals surface area contributed by atoms with Gasteiger partial charge in [0.15, 0.2) is 5.11 Å². The van der Waals surface area contributed by atoms with Crippen molar-refractivity contribution < 1.29 is 27.9 Å². The lowest BCUT2D eigenvalue weighted by atomic mass is 10.1. The molecule has 1 saturated heterocycles. The summed E-state index contributed by atoms with van der Waals surface area (Å²) in [7, 11) is -3.88. The van der Waals surface area contributed by atoms with Crippen molar-refractivity contribution in [2.24, 2.45) is 0 Å². The normalized spacial score (nSPS) is 14.7. The van der Waals surface area contributed by atoms with Gasteiger partial charge in [-0.3, -0.25) is 24.5 Å². The molecule has 0 bridgehead atoms. The third kappa shape index (κ3) is 5.70. The molecule has 3 N–H and O–H groups in total. The fraction of sp³-hybridized carbons (Fsp3) is 0. The highest BCUT2D eigenvalue weighted by Crippen LogP contribution is 2.29. The van der Waals surface area contributed by atoms with E-state index in [-0.39, 0.29) is 32.6 Å². The van der Waals surface area contributed by atoms with Crippen LogP contribution in [0.3, 0.4) is 0 Å². The van der Waals surface area contributed by atoms with Crippen LogP contribution in [0.1, 0.15) is 5.56 Å². The maximum absolute atomic E-state index is 13.4. The summed E-state index contributed by atoms with van der Waals surface area (Å²) in [6.45, 7) is 0. The number of hydrogen-bond acceptors (Lipinski definition) is 7. The average Bonchev–Trinajstić information content (AvgIpc) is 2.94. The zero-order valence-electron chi connectivity index (χ0n) is 20.6. The number of anilines is 2. The van der Waals surface area contributed by atoms with Crippen LogP contribution >= 0.6 is 12.2 Å². The molecular weight excluding hydrogens is 550 g/mol. The lowest BCUT2D eigenvalue weighted by molar-refractivity contribution is -0.122. The molecule has 1 fully saturated rings. The fourth-order valence-electron chi connectivity index (χ4n) is 3.88. The summed E-state index contributed by atoms with van der Waals surface area (Å²) in [6, 6.07) is 27.5. The Kier molecular flexibility index (Phi) is 7.32. The molecule has 4 aromatic rings. The average molecular weight is 572 g/mol. The molecule has 4 aromatic carbocycles. The van der Waals surface area contributed by atoms with Gasteiger partial charge in [0, 0.05) is 11.6 Å². The lowest BCUT2D eigenvalue weighted by Crippen LogP contribution is -2.54. The Hall–Kier alpha value is -5.00. The maximum atomic E-state index is 13.4. The highest BCUT2D eigenvalue weighted by molar-refractivity contribution is 7.92. The first-order chi connectivity index (χ1) is 19.2. The van der Waals surface area contributed by atoms with Crippen molar-refractivity contribution >= 4 is 56.6 Å². The van der Waals surface area contributed by atoms with Gasteiger partial charge in [-0.15, -0.1) is 0 Å². The number of rotatable bonds is 7. The minimum absolute atomic E-state index is 0.0564. The number of ether oxygens (including phenoxy) is 1. The van der Waals surface area contributed by atoms with Gasteiger partial charge in [-0.05, 0) is 79.0 Å². The standard InChI is InChI=1S/C29H21N3O6S2/c33-26-18-20(31-40(36,37)24-9-5-2-6-10-24)12-11-19(26)17-25-27(34)30-29(39)32(28(25)35)21-13-15-23(16-14-21)38-22-7-3-1-4-8-22/h1-18,31,33H,(H,30,34,39)/b25-17+. The number of phenols is 1. The van der Waals surface area contributed by atoms with Crippen molar-refractivity contribution in [2.75, 3.05) is 9.62 Å². The van der Waals surface area contributed by atoms with Crippen molar-refractivity contribution in [3.63, 3.8) is 0 Å². The molecular formula is C29H21N3O6S2. The molecule has 0 aliphatic carbocycles. The van der Waals surface area contributed by atoms with E-state index in [1.54, 1.807) is 42.5 Å². The van der Waals surface area contributed by atoms with Crippen molar-refractivity contribution in [2.45, 2.75) is 4.90 Å². The zero-order chi connectivity index (χ0) is 28.3. The summed E-state index contributed by atoms with van der Waals surface area (Å²) >= 11 is 5.25. The predicted molar refractivity (Wildman–Crippen MR) is 155 cm³/mol. The first-order valence-corrected chi connectivity index (χ1v) is 13.8. The van der Waals surface area contributed by atoms with Crippen molar-refractivity contribution in [3.05, 3.63) is 114 Å². The minimum Gasteiger partial charge on any atom is -0.507 e. The van der Waals surface area contributed by atoms with Gasteiger partial charge in [0.25, 0.3) is 21.8 Å². The Balaban J connectivity index is 1.37. The smallest absolute Gasteiger partial charge is 0.270 e. The molecule has 5 rings (SSSR count). The molecule has 9 nitrogen and oxygen atoms in total. The number of amides is 2. The third-order valence-corrected chi connectivity index (χ3v) is 7.49. The first kappa shape index (κ1) is 26.6. The summed E-state index contributed by atoms with van der Waals surface area (Å²) in [5, 5.41) is 13.0. The van der Waals surface area contributed by atoms with Crippen LogP contribution in [0.2, 0.25) is 0 Å². The van der Waals surface area contributed by atoms with Gasteiger partial charge in [-0.25, -0.2) is 8.42 Å². The Labute approximate surface area is 235 Å². The topological polar surface area (TPSA) is 125 Å². The van der Waals surface area contributed by atoms with Crippen LogP contribution < -0.4 is 19.7 Å². The Morgan fingerprint density at radius 1 is 0.850 bits per heavy atom. The van der Waals surface area contributed by atoms with Crippen LogP contribution in [0.5, 0.6) is 17.2 Å². The van der Waals surface area contributed by atoms with E-state index in [1.165, 1.54) is 36.4 Å². The summed E-state index contributed by atoms with van der Waals surface area (Å²) in [4.78, 5) is 27.2. The molecule has 0 saturated carbocycles. The molecule has 1 heterocycles. The Morgan fingerprint density at radius 2 is 1.48 bits per heavy atom. The highest BCUT2D eigenvalue weighted by Gasteiger charge is 2.34. The molecule has 1 aliphatic heterocycles. The molecule has 0 aromatic heterocycles. The van der Waals surface area contributed by atoms with Gasteiger partial charge in [-0.2, -0.15) is 0 Å². The number of nitrogens with zero attached hydrogens (tertiary/aromatic N) is 1. The van der Waals surface area contributed by atoms with E-state index in [2.05, 4.69) is 10.0 Å². The molecule has 2 amide bonds. The molecule has 0 atom stereocenters. The van der Waals surface area contributed by atoms with Gasteiger partial charge >= 0.3 is 0 Å². The number of carbonyl (C=O) groups is 2. The molecule has 0 spiro atoms. The second-order valence-corrected chi connectivity index (χ2v) is 10.6. The van der Waals surface area contributed by atoms with Gasteiger partial charge in [0.2, 0.25) is 0 Å². The lowest BCUT2D eigenvalue weighted by Gasteiger charge is -2.29. The van der Waals surface area contributed by atoms with Crippen LogP contribution in [0.25, 0.3) is 6.08 Å². The number of carbonyl (C=O) groups excluding carboxylic acids is 2. The zero-order valence-corrected chi connectivity index (χ0v) is 22.3. The SMILES string of the molecule is O=C1NC(=S)N(c2ccc(Oc3ccccc3)cc2)C(=O)/C1=C/c1ccc(NS(=O)(=O)c2ccccc2)cc1O. The van der Waals surface area contributed by atoms with E-state index in [0.29, 0.717) is 17.2 Å². The quantitative estimate of drug-likeness (QED) is 0.165. The van der Waals surface area contributed by atoms with Gasteiger partial charge in [0.05, 0.1) is 16.3 Å². The van der Waals surface area contributed by atoms with E-state index in [4.69, 9.17) is 17.0 Å². The summed E-state index contributed by atoms with van der Waals surface area (Å²) in [5.41, 5.74) is 0.353. The summed E-state index contributed by atoms with van der Waals surface area (Å²) in [5.74, 6) is -0.584. The largest absolute Gasteiger partial charge is 0.507 e. The fourth-order valence-corrected chi connectivity index (χ4v) is 5.23. The van der Waals surface area contributed by atoms with E-state index >= 15 is 0 Å². The number of nitrogens with one attached hydrogen (secondary N) is 2. The van der Waals surface area contributed by atoms with Crippen LogP contribution in [0.15, 0.2) is 114 Å². The summed E-state index contributed by atoms with van der Waals surface area (Å²) < 4.78 is 33.3. The van der Waals surface area contributed by atoms with Crippen molar-refractivity contribution in [1.29, 1.82) is 0 Å².